The summed E-state index contributed by atoms with van der Waals surface area (Å²) < 4.78 is 1.06. The summed E-state index contributed by atoms with van der Waals surface area (Å²) in [6, 6.07) is 16.2. The van der Waals surface area contributed by atoms with Crippen LogP contribution in [0.15, 0.2) is 59.3 Å². The molecule has 0 saturated heterocycles. The van der Waals surface area contributed by atoms with Gasteiger partial charge in [-0.15, -0.1) is 0 Å². The number of hydrogen-bond acceptors (Lipinski definition) is 5. The largest absolute Gasteiger partial charge is 0.378 e. The number of aromatic nitrogens is 2. The van der Waals surface area contributed by atoms with Gasteiger partial charge in [-0.3, -0.25) is 0 Å². The van der Waals surface area contributed by atoms with Crippen LogP contribution in [0.4, 0.5) is 28.7 Å². The third-order valence-electron chi connectivity index (χ3n) is 3.77. The van der Waals surface area contributed by atoms with Crippen molar-refractivity contribution in [3.63, 3.8) is 0 Å². The first kappa shape index (κ1) is 17.2. The number of hydrogen-bond donors (Lipinski definition) is 2. The molecule has 2 N–H and O–H groups in total. The zero-order valence-electron chi connectivity index (χ0n) is 14.4. The SMILES string of the molecule is Cc1ccc(Nc2cc(Nc3ccc(N(C)C)cc3)ncn2)cc1Br. The summed E-state index contributed by atoms with van der Waals surface area (Å²) in [6.45, 7) is 2.06. The molecular weight excluding hydrogens is 378 g/mol. The average Bonchev–Trinajstić information content (AvgIpc) is 2.59. The lowest BCUT2D eigenvalue weighted by atomic mass is 10.2. The second-order valence-corrected chi connectivity index (χ2v) is 6.80. The third-order valence-corrected chi connectivity index (χ3v) is 4.62. The molecule has 0 atom stereocenters. The van der Waals surface area contributed by atoms with E-state index in [0.29, 0.717) is 0 Å². The Kier molecular flexibility index (Phi) is 5.19. The van der Waals surface area contributed by atoms with Crippen molar-refractivity contribution >= 4 is 44.6 Å². The molecule has 1 heterocycles. The molecule has 0 bridgehead atoms. The lowest BCUT2D eigenvalue weighted by Crippen LogP contribution is -2.08. The first-order chi connectivity index (χ1) is 12.0. The fourth-order valence-electron chi connectivity index (χ4n) is 2.30. The van der Waals surface area contributed by atoms with Gasteiger partial charge in [0, 0.05) is 41.7 Å². The highest BCUT2D eigenvalue weighted by molar-refractivity contribution is 9.10. The van der Waals surface area contributed by atoms with Crippen molar-refractivity contribution in [2.45, 2.75) is 6.92 Å². The second kappa shape index (κ2) is 7.53. The van der Waals surface area contributed by atoms with Gasteiger partial charge < -0.3 is 15.5 Å². The normalized spacial score (nSPS) is 10.4. The second-order valence-electron chi connectivity index (χ2n) is 5.94. The first-order valence-electron chi connectivity index (χ1n) is 7.91. The smallest absolute Gasteiger partial charge is 0.135 e. The molecule has 2 aromatic carbocycles. The lowest BCUT2D eigenvalue weighted by Gasteiger charge is -2.13. The minimum absolute atomic E-state index is 0.734. The van der Waals surface area contributed by atoms with Crippen molar-refractivity contribution < 1.29 is 0 Å². The number of rotatable bonds is 5. The van der Waals surface area contributed by atoms with Gasteiger partial charge in [-0.1, -0.05) is 22.0 Å². The Bertz CT molecular complexity index is 862. The molecule has 1 aromatic heterocycles. The lowest BCUT2D eigenvalue weighted by molar-refractivity contribution is 1.13. The van der Waals surface area contributed by atoms with Crippen molar-refractivity contribution in [1.29, 1.82) is 0 Å². The molecule has 0 unspecified atom stereocenters. The highest BCUT2D eigenvalue weighted by atomic mass is 79.9. The highest BCUT2D eigenvalue weighted by Gasteiger charge is 2.03. The summed E-state index contributed by atoms with van der Waals surface area (Å²) >= 11 is 3.55. The molecule has 3 aromatic rings. The van der Waals surface area contributed by atoms with E-state index >= 15 is 0 Å². The number of nitrogens with one attached hydrogen (secondary N) is 2. The van der Waals surface area contributed by atoms with Gasteiger partial charge in [-0.05, 0) is 48.9 Å². The maximum atomic E-state index is 4.28. The van der Waals surface area contributed by atoms with Crippen LogP contribution in [-0.4, -0.2) is 24.1 Å². The van der Waals surface area contributed by atoms with Crippen LogP contribution >= 0.6 is 15.9 Å². The topological polar surface area (TPSA) is 53.1 Å². The Morgan fingerprint density at radius 2 is 1.44 bits per heavy atom. The first-order valence-corrected chi connectivity index (χ1v) is 8.70. The van der Waals surface area contributed by atoms with E-state index in [1.54, 1.807) is 6.33 Å². The molecule has 0 fully saturated rings. The zero-order chi connectivity index (χ0) is 17.8. The van der Waals surface area contributed by atoms with Gasteiger partial charge in [0.05, 0.1) is 0 Å². The Labute approximate surface area is 156 Å². The van der Waals surface area contributed by atoms with Crippen LogP contribution in [-0.2, 0) is 0 Å². The molecule has 6 heteroatoms. The summed E-state index contributed by atoms with van der Waals surface area (Å²) in [7, 11) is 4.04. The number of anilines is 5. The predicted octanol–water partition coefficient (Wildman–Crippen LogP) is 5.10. The van der Waals surface area contributed by atoms with E-state index in [4.69, 9.17) is 0 Å². The van der Waals surface area contributed by atoms with Crippen molar-refractivity contribution in [2.24, 2.45) is 0 Å². The summed E-state index contributed by atoms with van der Waals surface area (Å²) in [4.78, 5) is 10.6. The number of halogens is 1. The Morgan fingerprint density at radius 1 is 0.840 bits per heavy atom. The van der Waals surface area contributed by atoms with E-state index in [1.807, 2.05) is 44.4 Å². The number of aryl methyl sites for hydroxylation is 1. The Morgan fingerprint density at radius 3 is 2.04 bits per heavy atom. The van der Waals surface area contributed by atoms with Crippen LogP contribution in [0.3, 0.4) is 0 Å². The van der Waals surface area contributed by atoms with Gasteiger partial charge in [0.1, 0.15) is 18.0 Å². The van der Waals surface area contributed by atoms with Crippen LogP contribution in [0.2, 0.25) is 0 Å². The fraction of sp³-hybridized carbons (Fsp3) is 0.158. The molecule has 0 radical (unpaired) electrons. The Hall–Kier alpha value is -2.60. The molecule has 0 aliphatic carbocycles. The van der Waals surface area contributed by atoms with Gasteiger partial charge >= 0.3 is 0 Å². The van der Waals surface area contributed by atoms with E-state index in [2.05, 4.69) is 66.6 Å². The summed E-state index contributed by atoms with van der Waals surface area (Å²) in [6.07, 6.45) is 1.54. The summed E-state index contributed by atoms with van der Waals surface area (Å²) in [5.74, 6) is 1.47. The number of nitrogens with zero attached hydrogens (tertiary/aromatic N) is 3. The molecule has 0 spiro atoms. The highest BCUT2D eigenvalue weighted by Crippen LogP contribution is 2.24. The van der Waals surface area contributed by atoms with Crippen LogP contribution in [0, 0.1) is 6.92 Å². The molecule has 0 aliphatic rings. The van der Waals surface area contributed by atoms with Gasteiger partial charge in [0.2, 0.25) is 0 Å². The minimum Gasteiger partial charge on any atom is -0.378 e. The standard InChI is InChI=1S/C19H20BrN5/c1-13-4-5-15(10-17(13)20)24-19-11-18(21-12-22-19)23-14-6-8-16(9-7-14)25(2)3/h4-12H,1-3H3,(H2,21,22,23,24). The number of benzene rings is 2. The van der Waals surface area contributed by atoms with Crippen molar-refractivity contribution in [3.05, 3.63) is 64.9 Å². The maximum Gasteiger partial charge on any atom is 0.135 e. The van der Waals surface area contributed by atoms with Crippen LogP contribution in [0.25, 0.3) is 0 Å². The van der Waals surface area contributed by atoms with Crippen molar-refractivity contribution in [1.82, 2.24) is 9.97 Å². The predicted molar refractivity (Wildman–Crippen MR) is 108 cm³/mol. The van der Waals surface area contributed by atoms with Gasteiger partial charge in [-0.2, -0.15) is 0 Å². The zero-order valence-corrected chi connectivity index (χ0v) is 16.0. The average molecular weight is 398 g/mol. The molecule has 0 aliphatic heterocycles. The van der Waals surface area contributed by atoms with E-state index in [9.17, 15) is 0 Å². The molecule has 128 valence electrons. The van der Waals surface area contributed by atoms with E-state index in [-0.39, 0.29) is 0 Å². The van der Waals surface area contributed by atoms with E-state index < -0.39 is 0 Å². The van der Waals surface area contributed by atoms with Crippen molar-refractivity contribution in [2.75, 3.05) is 29.6 Å². The van der Waals surface area contributed by atoms with E-state index in [1.165, 1.54) is 5.56 Å². The molecule has 25 heavy (non-hydrogen) atoms. The van der Waals surface area contributed by atoms with Crippen LogP contribution < -0.4 is 15.5 Å². The van der Waals surface area contributed by atoms with Crippen LogP contribution in [0.1, 0.15) is 5.56 Å². The summed E-state index contributed by atoms with van der Waals surface area (Å²) in [5, 5.41) is 6.59. The molecule has 3 rings (SSSR count). The Balaban J connectivity index is 1.73. The van der Waals surface area contributed by atoms with Crippen LogP contribution in [0.5, 0.6) is 0 Å². The monoisotopic (exact) mass is 397 g/mol. The quantitative estimate of drug-likeness (QED) is 0.626. The molecule has 5 nitrogen and oxygen atoms in total. The minimum atomic E-state index is 0.734. The molecular formula is C19H20BrN5. The van der Waals surface area contributed by atoms with Gasteiger partial charge in [-0.25, -0.2) is 9.97 Å². The van der Waals surface area contributed by atoms with E-state index in [0.717, 1.165) is 33.2 Å². The maximum absolute atomic E-state index is 4.28. The third kappa shape index (κ3) is 4.48. The van der Waals surface area contributed by atoms with Crippen molar-refractivity contribution in [3.8, 4) is 0 Å². The van der Waals surface area contributed by atoms with Gasteiger partial charge in [0.25, 0.3) is 0 Å². The molecule has 0 amide bonds. The molecule has 0 saturated carbocycles. The summed E-state index contributed by atoms with van der Waals surface area (Å²) in [5.41, 5.74) is 4.29. The van der Waals surface area contributed by atoms with Gasteiger partial charge in [0.15, 0.2) is 0 Å². The fourth-order valence-corrected chi connectivity index (χ4v) is 2.68.